The van der Waals surface area contributed by atoms with Gasteiger partial charge in [0.1, 0.15) is 5.65 Å². The van der Waals surface area contributed by atoms with Crippen LogP contribution >= 0.6 is 11.3 Å². The molecule has 172 valence electrons. The third-order valence-corrected chi connectivity index (χ3v) is 6.78. The van der Waals surface area contributed by atoms with Crippen LogP contribution in [0.1, 0.15) is 13.3 Å². The zero-order chi connectivity index (χ0) is 23.9. The molecular weight excluding hydrogens is 461 g/mol. The van der Waals surface area contributed by atoms with Gasteiger partial charge < -0.3 is 10.3 Å². The Morgan fingerprint density at radius 2 is 1.94 bits per heavy atom. The highest BCUT2D eigenvalue weighted by molar-refractivity contribution is 7.14. The average Bonchev–Trinajstić information content (AvgIpc) is 3.61. The predicted octanol–water partition coefficient (Wildman–Crippen LogP) is 6.77. The molecule has 0 radical (unpaired) electrons. The molecule has 0 spiro atoms. The Morgan fingerprint density at radius 1 is 1.06 bits per heavy atom. The lowest BCUT2D eigenvalue weighted by atomic mass is 10.1. The van der Waals surface area contributed by atoms with Crippen molar-refractivity contribution in [1.82, 2.24) is 30.1 Å². The number of fused-ring (bicyclic) bond motifs is 2. The standard InChI is InChI=1S/C26H20FN7S/c1-3-14(2)31-17-8-15(11-28-13-17)16-9-20-24(33-34-26(20)30-12-16)21-10-19-18(6-7-29-25(19)32-21)22-4-5-23(27)35-22/h4-13,31H,2-3H2,1H3,(H,29,32)(H,30,33,34). The van der Waals surface area contributed by atoms with Crippen LogP contribution in [0.3, 0.4) is 0 Å². The number of anilines is 1. The first kappa shape index (κ1) is 21.2. The van der Waals surface area contributed by atoms with Crippen molar-refractivity contribution < 1.29 is 4.39 Å². The molecule has 35 heavy (non-hydrogen) atoms. The van der Waals surface area contributed by atoms with E-state index in [2.05, 4.69) is 42.0 Å². The number of pyridine rings is 3. The monoisotopic (exact) mass is 481 g/mol. The van der Waals surface area contributed by atoms with Gasteiger partial charge in [-0.3, -0.25) is 10.1 Å². The van der Waals surface area contributed by atoms with E-state index in [4.69, 9.17) is 0 Å². The van der Waals surface area contributed by atoms with Crippen molar-refractivity contribution in [3.63, 3.8) is 0 Å². The molecule has 7 nitrogen and oxygen atoms in total. The predicted molar refractivity (Wildman–Crippen MR) is 139 cm³/mol. The molecule has 3 N–H and O–H groups in total. The van der Waals surface area contributed by atoms with E-state index in [0.29, 0.717) is 5.65 Å². The molecule has 0 unspecified atom stereocenters. The Kier molecular flexibility index (Phi) is 5.11. The molecule has 0 aliphatic rings. The Bertz CT molecular complexity index is 1710. The Hall–Kier alpha value is -4.37. The van der Waals surface area contributed by atoms with Crippen LogP contribution < -0.4 is 5.32 Å². The highest BCUT2D eigenvalue weighted by Gasteiger charge is 2.16. The highest BCUT2D eigenvalue weighted by atomic mass is 32.1. The summed E-state index contributed by atoms with van der Waals surface area (Å²) in [6.45, 7) is 6.05. The van der Waals surface area contributed by atoms with Gasteiger partial charge in [-0.05, 0) is 42.8 Å². The topological polar surface area (TPSA) is 95.2 Å². The zero-order valence-corrected chi connectivity index (χ0v) is 19.6. The van der Waals surface area contributed by atoms with Crippen molar-refractivity contribution in [3.05, 3.63) is 78.6 Å². The summed E-state index contributed by atoms with van der Waals surface area (Å²) in [6.07, 6.45) is 7.93. The van der Waals surface area contributed by atoms with Crippen LogP contribution in [0.4, 0.5) is 10.1 Å². The first-order valence-electron chi connectivity index (χ1n) is 11.1. The number of allylic oxidation sites excluding steroid dienone is 1. The summed E-state index contributed by atoms with van der Waals surface area (Å²) in [4.78, 5) is 17.6. The van der Waals surface area contributed by atoms with Gasteiger partial charge in [0.15, 0.2) is 10.8 Å². The molecule has 6 aromatic rings. The van der Waals surface area contributed by atoms with E-state index in [9.17, 15) is 4.39 Å². The van der Waals surface area contributed by atoms with Gasteiger partial charge in [-0.1, -0.05) is 13.5 Å². The minimum Gasteiger partial charge on any atom is -0.358 e. The van der Waals surface area contributed by atoms with Gasteiger partial charge in [0.25, 0.3) is 0 Å². The van der Waals surface area contributed by atoms with Gasteiger partial charge >= 0.3 is 0 Å². The molecule has 0 saturated heterocycles. The summed E-state index contributed by atoms with van der Waals surface area (Å²) in [5.41, 5.74) is 7.53. The van der Waals surface area contributed by atoms with Gasteiger partial charge in [0.05, 0.1) is 23.3 Å². The second-order valence-corrected chi connectivity index (χ2v) is 9.18. The van der Waals surface area contributed by atoms with E-state index < -0.39 is 0 Å². The van der Waals surface area contributed by atoms with Crippen LogP contribution in [0.5, 0.6) is 0 Å². The number of rotatable bonds is 6. The molecule has 0 aliphatic heterocycles. The van der Waals surface area contributed by atoms with E-state index in [-0.39, 0.29) is 5.13 Å². The van der Waals surface area contributed by atoms with Crippen molar-refractivity contribution in [3.8, 4) is 33.0 Å². The Balaban J connectivity index is 1.43. The quantitative estimate of drug-likeness (QED) is 0.244. The van der Waals surface area contributed by atoms with Gasteiger partial charge in [0.2, 0.25) is 0 Å². The van der Waals surface area contributed by atoms with Gasteiger partial charge in [0, 0.05) is 56.6 Å². The van der Waals surface area contributed by atoms with E-state index in [1.54, 1.807) is 24.7 Å². The van der Waals surface area contributed by atoms with Gasteiger partial charge in [-0.25, -0.2) is 9.97 Å². The number of hydrogen-bond acceptors (Lipinski definition) is 6. The van der Waals surface area contributed by atoms with Crippen LogP contribution in [0.15, 0.2) is 73.5 Å². The van der Waals surface area contributed by atoms with Crippen LogP contribution in [-0.4, -0.2) is 30.1 Å². The lowest BCUT2D eigenvalue weighted by molar-refractivity contribution is 0.657. The van der Waals surface area contributed by atoms with Crippen LogP contribution in [0.25, 0.3) is 55.0 Å². The second kappa shape index (κ2) is 8.44. The Labute approximate surface area is 203 Å². The number of thiophene rings is 1. The van der Waals surface area contributed by atoms with E-state index >= 15 is 0 Å². The SMILES string of the molecule is C=C(CC)Nc1cncc(-c2cnc3n[nH]c(-c4cc5c(-c6ccc(F)s6)ccnc5[nH]4)c3c2)c1. The third-order valence-electron chi connectivity index (χ3n) is 5.87. The summed E-state index contributed by atoms with van der Waals surface area (Å²) in [6, 6.07) is 11.2. The number of aromatic amines is 2. The fraction of sp³-hybridized carbons (Fsp3) is 0.0769. The fourth-order valence-electron chi connectivity index (χ4n) is 4.06. The molecule has 9 heteroatoms. The molecule has 6 heterocycles. The minimum atomic E-state index is -0.216. The van der Waals surface area contributed by atoms with Crippen molar-refractivity contribution in [2.45, 2.75) is 13.3 Å². The first-order chi connectivity index (χ1) is 17.1. The maximum absolute atomic E-state index is 13.7. The van der Waals surface area contributed by atoms with Crippen molar-refractivity contribution in [2.75, 3.05) is 5.32 Å². The number of nitrogens with zero attached hydrogens (tertiary/aromatic N) is 4. The molecule has 0 aromatic carbocycles. The normalized spacial score (nSPS) is 11.4. The van der Waals surface area contributed by atoms with Gasteiger partial charge in [-0.15, -0.1) is 11.3 Å². The average molecular weight is 482 g/mol. The summed E-state index contributed by atoms with van der Waals surface area (Å²) in [5.74, 6) is 0. The smallest absolute Gasteiger partial charge is 0.181 e. The maximum Gasteiger partial charge on any atom is 0.181 e. The van der Waals surface area contributed by atoms with Gasteiger partial charge in [-0.2, -0.15) is 9.49 Å². The summed E-state index contributed by atoms with van der Waals surface area (Å²) in [7, 11) is 0. The number of hydrogen-bond donors (Lipinski definition) is 3. The maximum atomic E-state index is 13.7. The largest absolute Gasteiger partial charge is 0.358 e. The molecule has 0 saturated carbocycles. The molecule has 0 bridgehead atoms. The van der Waals surface area contributed by atoms with Crippen LogP contribution in [0, 0.1) is 5.13 Å². The first-order valence-corrected chi connectivity index (χ1v) is 11.9. The van der Waals surface area contributed by atoms with Crippen molar-refractivity contribution in [1.29, 1.82) is 0 Å². The molecule has 0 amide bonds. The number of nitrogens with one attached hydrogen (secondary N) is 3. The molecule has 0 atom stereocenters. The summed E-state index contributed by atoms with van der Waals surface area (Å²) < 4.78 is 13.7. The van der Waals surface area contributed by atoms with Crippen molar-refractivity contribution in [2.24, 2.45) is 0 Å². The molecule has 0 aliphatic carbocycles. The number of halogens is 1. The zero-order valence-electron chi connectivity index (χ0n) is 18.8. The number of H-pyrrole nitrogens is 2. The van der Waals surface area contributed by atoms with Crippen molar-refractivity contribution >= 4 is 39.1 Å². The Morgan fingerprint density at radius 3 is 2.77 bits per heavy atom. The minimum absolute atomic E-state index is 0.216. The van der Waals surface area contributed by atoms with Crippen LogP contribution in [-0.2, 0) is 0 Å². The molecular formula is C26H20FN7S. The number of aromatic nitrogens is 6. The molecule has 6 rings (SSSR count). The third kappa shape index (κ3) is 3.85. The lowest BCUT2D eigenvalue weighted by Gasteiger charge is -2.09. The van der Waals surface area contributed by atoms with Crippen LogP contribution in [0.2, 0.25) is 0 Å². The second-order valence-electron chi connectivity index (χ2n) is 8.15. The van der Waals surface area contributed by atoms with E-state index in [0.717, 1.165) is 78.5 Å². The lowest BCUT2D eigenvalue weighted by Crippen LogP contribution is -1.97. The van der Waals surface area contributed by atoms with E-state index in [1.807, 2.05) is 37.4 Å². The highest BCUT2D eigenvalue weighted by Crippen LogP contribution is 2.36. The molecule has 0 fully saturated rings. The molecule has 6 aromatic heterocycles. The summed E-state index contributed by atoms with van der Waals surface area (Å²) in [5, 5.41) is 12.3. The summed E-state index contributed by atoms with van der Waals surface area (Å²) >= 11 is 1.12. The fourth-order valence-corrected chi connectivity index (χ4v) is 4.83. The van der Waals surface area contributed by atoms with E-state index in [1.165, 1.54) is 6.07 Å².